The fourth-order valence-electron chi connectivity index (χ4n) is 2.27. The molecule has 2 saturated carbocycles. The van der Waals surface area contributed by atoms with Crippen molar-refractivity contribution in [2.75, 3.05) is 6.54 Å². The molecule has 0 aromatic heterocycles. The average Bonchev–Trinajstić information content (AvgIpc) is 2.78. The molecule has 0 aromatic carbocycles. The van der Waals surface area contributed by atoms with Crippen molar-refractivity contribution >= 4 is 0 Å². The van der Waals surface area contributed by atoms with E-state index in [0.29, 0.717) is 5.92 Å². The molecule has 2 fully saturated rings. The molecule has 2 aliphatic rings. The predicted molar refractivity (Wildman–Crippen MR) is 43.0 cm³/mol. The Morgan fingerprint density at radius 2 is 2.18 bits per heavy atom. The van der Waals surface area contributed by atoms with Crippen LogP contribution in [0, 0.1) is 17.8 Å². The first kappa shape index (κ1) is 6.99. The molecule has 0 heterocycles. The molecule has 0 N–H and O–H groups in total. The molecule has 3 heteroatoms. The summed E-state index contributed by atoms with van der Waals surface area (Å²) in [4.78, 5) is 2.79. The number of fused-ring (bicyclic) bond motifs is 1. The summed E-state index contributed by atoms with van der Waals surface area (Å²) in [5.74, 6) is 2.76. The molecule has 0 bridgehead atoms. The highest BCUT2D eigenvalue weighted by Gasteiger charge is 2.41. The van der Waals surface area contributed by atoms with E-state index in [2.05, 4.69) is 10.0 Å². The fraction of sp³-hybridized carbons (Fsp3) is 1.00. The zero-order valence-electron chi connectivity index (χ0n) is 6.61. The van der Waals surface area contributed by atoms with E-state index in [4.69, 9.17) is 5.53 Å². The van der Waals surface area contributed by atoms with Crippen molar-refractivity contribution < 1.29 is 0 Å². The molecule has 0 aliphatic heterocycles. The van der Waals surface area contributed by atoms with Crippen LogP contribution in [-0.2, 0) is 0 Å². The first-order valence-corrected chi connectivity index (χ1v) is 4.41. The first-order valence-electron chi connectivity index (χ1n) is 4.41. The highest BCUT2D eigenvalue weighted by Crippen LogP contribution is 2.51. The van der Waals surface area contributed by atoms with Gasteiger partial charge in [0.15, 0.2) is 0 Å². The van der Waals surface area contributed by atoms with Gasteiger partial charge in [-0.1, -0.05) is 11.5 Å². The number of rotatable bonds is 2. The Balaban J connectivity index is 1.80. The van der Waals surface area contributed by atoms with Crippen molar-refractivity contribution in [3.63, 3.8) is 0 Å². The van der Waals surface area contributed by atoms with Gasteiger partial charge in [0.1, 0.15) is 0 Å². The van der Waals surface area contributed by atoms with Gasteiger partial charge in [0.2, 0.25) is 0 Å². The second-order valence-electron chi connectivity index (χ2n) is 3.85. The molecule has 3 atom stereocenters. The van der Waals surface area contributed by atoms with Crippen LogP contribution in [0.3, 0.4) is 0 Å². The van der Waals surface area contributed by atoms with Crippen LogP contribution in [0.1, 0.15) is 25.7 Å². The number of hydrogen-bond donors (Lipinski definition) is 0. The van der Waals surface area contributed by atoms with Gasteiger partial charge in [-0.2, -0.15) is 0 Å². The van der Waals surface area contributed by atoms with Crippen LogP contribution in [0.5, 0.6) is 0 Å². The van der Waals surface area contributed by atoms with Crippen molar-refractivity contribution in [1.29, 1.82) is 0 Å². The van der Waals surface area contributed by atoms with E-state index in [0.717, 1.165) is 18.4 Å². The quantitative estimate of drug-likeness (QED) is 0.331. The van der Waals surface area contributed by atoms with E-state index in [-0.39, 0.29) is 0 Å². The molecule has 60 valence electrons. The van der Waals surface area contributed by atoms with Gasteiger partial charge >= 0.3 is 0 Å². The summed E-state index contributed by atoms with van der Waals surface area (Å²) >= 11 is 0. The van der Waals surface area contributed by atoms with Crippen LogP contribution in [0.15, 0.2) is 5.11 Å². The van der Waals surface area contributed by atoms with Gasteiger partial charge in [-0.15, -0.1) is 0 Å². The highest BCUT2D eigenvalue weighted by atomic mass is 15.1. The Labute approximate surface area is 66.4 Å². The van der Waals surface area contributed by atoms with E-state index >= 15 is 0 Å². The van der Waals surface area contributed by atoms with E-state index in [1.807, 2.05) is 0 Å². The van der Waals surface area contributed by atoms with Gasteiger partial charge in [0, 0.05) is 11.5 Å². The van der Waals surface area contributed by atoms with Gasteiger partial charge in [-0.3, -0.25) is 0 Å². The molecular weight excluding hydrogens is 138 g/mol. The van der Waals surface area contributed by atoms with Gasteiger partial charge in [0.25, 0.3) is 0 Å². The molecule has 11 heavy (non-hydrogen) atoms. The lowest BCUT2D eigenvalue weighted by Gasteiger charge is -2.18. The lowest BCUT2D eigenvalue weighted by atomic mass is 9.89. The molecule has 0 unspecified atom stereocenters. The summed E-state index contributed by atoms with van der Waals surface area (Å²) in [5.41, 5.74) is 8.13. The minimum absolute atomic E-state index is 0.703. The average molecular weight is 151 g/mol. The van der Waals surface area contributed by atoms with Crippen LogP contribution in [0.4, 0.5) is 0 Å². The maximum Gasteiger partial charge on any atom is 0.0286 e. The topological polar surface area (TPSA) is 48.8 Å². The zero-order chi connectivity index (χ0) is 7.68. The zero-order valence-corrected chi connectivity index (χ0v) is 6.61. The Kier molecular flexibility index (Phi) is 1.74. The van der Waals surface area contributed by atoms with Crippen molar-refractivity contribution in [2.24, 2.45) is 22.9 Å². The van der Waals surface area contributed by atoms with Gasteiger partial charge in [0.05, 0.1) is 0 Å². The van der Waals surface area contributed by atoms with E-state index in [1.54, 1.807) is 0 Å². The Bertz CT molecular complexity index is 196. The first-order chi connectivity index (χ1) is 5.40. The van der Waals surface area contributed by atoms with E-state index in [9.17, 15) is 0 Å². The van der Waals surface area contributed by atoms with E-state index in [1.165, 1.54) is 25.7 Å². The molecule has 0 spiro atoms. The minimum Gasteiger partial charge on any atom is -0.0937 e. The third kappa shape index (κ3) is 1.48. The number of azide groups is 1. The maximum atomic E-state index is 8.13. The maximum absolute atomic E-state index is 8.13. The van der Waals surface area contributed by atoms with Crippen LogP contribution >= 0.6 is 0 Å². The molecule has 0 amide bonds. The Morgan fingerprint density at radius 1 is 1.27 bits per heavy atom. The lowest BCUT2D eigenvalue weighted by Crippen LogP contribution is -2.10. The van der Waals surface area contributed by atoms with Crippen molar-refractivity contribution in [2.45, 2.75) is 25.7 Å². The summed E-state index contributed by atoms with van der Waals surface area (Å²) in [6.45, 7) is 0.736. The van der Waals surface area contributed by atoms with Gasteiger partial charge in [-0.25, -0.2) is 0 Å². The molecular formula is C8H13N3. The van der Waals surface area contributed by atoms with Crippen molar-refractivity contribution in [3.8, 4) is 0 Å². The van der Waals surface area contributed by atoms with Gasteiger partial charge in [-0.05, 0) is 42.5 Å². The van der Waals surface area contributed by atoms with Gasteiger partial charge < -0.3 is 0 Å². The smallest absolute Gasteiger partial charge is 0.0286 e. The summed E-state index contributed by atoms with van der Waals surface area (Å²) in [6, 6.07) is 0. The standard InChI is InChI=1S/C8H13N3/c9-11-10-5-6-1-2-7-4-8(7)3-6/h6-8H,1-5H2/t6-,7-,8-/m1/s1. The molecule has 0 radical (unpaired) electrons. The molecule has 0 saturated heterocycles. The third-order valence-corrected chi connectivity index (χ3v) is 3.05. The minimum atomic E-state index is 0.703. The molecule has 2 aliphatic carbocycles. The molecule has 0 aromatic rings. The second-order valence-corrected chi connectivity index (χ2v) is 3.85. The van der Waals surface area contributed by atoms with Crippen LogP contribution in [0.25, 0.3) is 10.4 Å². The largest absolute Gasteiger partial charge is 0.0937 e. The third-order valence-electron chi connectivity index (χ3n) is 3.05. The Hall–Kier alpha value is -0.690. The SMILES string of the molecule is [N-]=[N+]=NC[C@@H]1CC[C@@H]2C[C@H]2C1. The van der Waals surface area contributed by atoms with Crippen LogP contribution < -0.4 is 0 Å². The van der Waals surface area contributed by atoms with E-state index < -0.39 is 0 Å². The van der Waals surface area contributed by atoms with Crippen molar-refractivity contribution in [1.82, 2.24) is 0 Å². The Morgan fingerprint density at radius 3 is 2.91 bits per heavy atom. The highest BCUT2D eigenvalue weighted by molar-refractivity contribution is 4.92. The summed E-state index contributed by atoms with van der Waals surface area (Å²) in [5, 5.41) is 3.63. The lowest BCUT2D eigenvalue weighted by molar-refractivity contribution is 0.350. The number of hydrogen-bond acceptors (Lipinski definition) is 1. The monoisotopic (exact) mass is 151 g/mol. The normalized spacial score (nSPS) is 40.5. The predicted octanol–water partition coefficient (Wildman–Crippen LogP) is 2.73. The molecule has 2 rings (SSSR count). The van der Waals surface area contributed by atoms with Crippen LogP contribution in [-0.4, -0.2) is 6.54 Å². The second kappa shape index (κ2) is 2.74. The summed E-state index contributed by atoms with van der Waals surface area (Å²) in [6.07, 6.45) is 5.45. The van der Waals surface area contributed by atoms with Crippen LogP contribution in [0.2, 0.25) is 0 Å². The molecule has 3 nitrogen and oxygen atoms in total. The fourth-order valence-corrected chi connectivity index (χ4v) is 2.27. The summed E-state index contributed by atoms with van der Waals surface area (Å²) < 4.78 is 0. The van der Waals surface area contributed by atoms with Crippen molar-refractivity contribution in [3.05, 3.63) is 10.4 Å². The summed E-state index contributed by atoms with van der Waals surface area (Å²) in [7, 11) is 0. The number of nitrogens with zero attached hydrogens (tertiary/aromatic N) is 3.